The van der Waals surface area contributed by atoms with Gasteiger partial charge in [-0.3, -0.25) is 4.79 Å². The Kier molecular flexibility index (Phi) is 5.10. The molecule has 0 amide bonds. The number of aromatic nitrogens is 1. The van der Waals surface area contributed by atoms with Crippen LogP contribution in [0.2, 0.25) is 0 Å². The van der Waals surface area contributed by atoms with Gasteiger partial charge in [-0.25, -0.2) is 9.78 Å². The van der Waals surface area contributed by atoms with Crippen LogP contribution < -0.4 is 5.32 Å². The summed E-state index contributed by atoms with van der Waals surface area (Å²) in [4.78, 5) is 26.2. The van der Waals surface area contributed by atoms with E-state index in [1.807, 2.05) is 6.92 Å². The minimum absolute atomic E-state index is 0.0340. The lowest BCUT2D eigenvalue weighted by Gasteiger charge is -2.17. The Hall–Kier alpha value is -2.11. The molecule has 1 unspecified atom stereocenters. The topological polar surface area (TPSA) is 88.5 Å². The van der Waals surface area contributed by atoms with E-state index in [0.29, 0.717) is 17.8 Å². The Morgan fingerprint density at radius 1 is 1.56 bits per heavy atom. The SMILES string of the molecule is CCC(CC(=O)O)Nc1ncccc1C(=O)OC. The van der Waals surface area contributed by atoms with Crippen molar-refractivity contribution in [2.75, 3.05) is 12.4 Å². The van der Waals surface area contributed by atoms with Crippen molar-refractivity contribution < 1.29 is 19.4 Å². The average Bonchev–Trinajstić information content (AvgIpc) is 2.37. The quantitative estimate of drug-likeness (QED) is 0.746. The van der Waals surface area contributed by atoms with E-state index in [-0.39, 0.29) is 12.5 Å². The van der Waals surface area contributed by atoms with Crippen LogP contribution in [0.4, 0.5) is 5.82 Å². The number of nitrogens with one attached hydrogen (secondary N) is 1. The first-order valence-corrected chi connectivity index (χ1v) is 5.60. The second-order valence-electron chi connectivity index (χ2n) is 3.74. The van der Waals surface area contributed by atoms with Crippen molar-refractivity contribution in [1.29, 1.82) is 0 Å². The molecule has 0 spiro atoms. The van der Waals surface area contributed by atoms with Crippen molar-refractivity contribution in [3.8, 4) is 0 Å². The van der Waals surface area contributed by atoms with E-state index < -0.39 is 11.9 Å². The van der Waals surface area contributed by atoms with E-state index >= 15 is 0 Å². The smallest absolute Gasteiger partial charge is 0.341 e. The first kappa shape index (κ1) is 14.0. The van der Waals surface area contributed by atoms with Gasteiger partial charge in [0, 0.05) is 12.2 Å². The highest BCUT2D eigenvalue weighted by Gasteiger charge is 2.17. The van der Waals surface area contributed by atoms with Crippen LogP contribution in [0.5, 0.6) is 0 Å². The van der Waals surface area contributed by atoms with Crippen LogP contribution in [-0.2, 0) is 9.53 Å². The molecule has 0 aliphatic carbocycles. The fourth-order valence-corrected chi connectivity index (χ4v) is 1.50. The highest BCUT2D eigenvalue weighted by Crippen LogP contribution is 2.15. The minimum atomic E-state index is -0.898. The molecule has 0 aliphatic heterocycles. The molecule has 1 rings (SSSR count). The summed E-state index contributed by atoms with van der Waals surface area (Å²) in [5, 5.41) is 11.7. The molecule has 1 aromatic rings. The first-order chi connectivity index (χ1) is 8.58. The number of anilines is 1. The van der Waals surface area contributed by atoms with Crippen molar-refractivity contribution in [3.63, 3.8) is 0 Å². The molecular formula is C12H16N2O4. The molecular weight excluding hydrogens is 236 g/mol. The number of carboxylic acid groups (broad SMARTS) is 1. The summed E-state index contributed by atoms with van der Waals surface area (Å²) in [6.45, 7) is 1.86. The zero-order valence-electron chi connectivity index (χ0n) is 10.3. The van der Waals surface area contributed by atoms with Gasteiger partial charge in [-0.1, -0.05) is 6.92 Å². The van der Waals surface area contributed by atoms with Crippen LogP contribution in [0.25, 0.3) is 0 Å². The van der Waals surface area contributed by atoms with Crippen molar-refractivity contribution in [3.05, 3.63) is 23.9 Å². The summed E-state index contributed by atoms with van der Waals surface area (Å²) in [7, 11) is 1.29. The lowest BCUT2D eigenvalue weighted by atomic mass is 10.1. The highest BCUT2D eigenvalue weighted by molar-refractivity contribution is 5.94. The molecule has 6 heteroatoms. The van der Waals surface area contributed by atoms with Gasteiger partial charge in [-0.2, -0.15) is 0 Å². The Morgan fingerprint density at radius 3 is 2.83 bits per heavy atom. The van der Waals surface area contributed by atoms with Crippen LogP contribution >= 0.6 is 0 Å². The van der Waals surface area contributed by atoms with Gasteiger partial charge < -0.3 is 15.2 Å². The van der Waals surface area contributed by atoms with Crippen LogP contribution in [0.15, 0.2) is 18.3 Å². The predicted octanol–water partition coefficient (Wildman–Crippen LogP) is 1.53. The van der Waals surface area contributed by atoms with Gasteiger partial charge in [0.1, 0.15) is 11.4 Å². The Bertz CT molecular complexity index is 434. The number of ether oxygens (including phenoxy) is 1. The summed E-state index contributed by atoms with van der Waals surface area (Å²) in [5.74, 6) is -1.06. The molecule has 1 heterocycles. The zero-order valence-corrected chi connectivity index (χ0v) is 10.3. The van der Waals surface area contributed by atoms with E-state index in [2.05, 4.69) is 15.0 Å². The predicted molar refractivity (Wildman–Crippen MR) is 65.5 cm³/mol. The second-order valence-corrected chi connectivity index (χ2v) is 3.74. The molecule has 0 saturated heterocycles. The lowest BCUT2D eigenvalue weighted by Crippen LogP contribution is -2.24. The maximum atomic E-state index is 11.5. The maximum absolute atomic E-state index is 11.5. The molecule has 0 aromatic carbocycles. The number of pyridine rings is 1. The van der Waals surface area contributed by atoms with E-state index in [1.165, 1.54) is 13.3 Å². The van der Waals surface area contributed by atoms with Crippen molar-refractivity contribution in [1.82, 2.24) is 4.98 Å². The summed E-state index contributed by atoms with van der Waals surface area (Å²) in [6, 6.07) is 2.92. The number of methoxy groups -OCH3 is 1. The summed E-state index contributed by atoms with van der Waals surface area (Å²) < 4.78 is 4.64. The highest BCUT2D eigenvalue weighted by atomic mass is 16.5. The number of carboxylic acids is 1. The third-order valence-corrected chi connectivity index (χ3v) is 2.47. The van der Waals surface area contributed by atoms with Gasteiger partial charge in [-0.15, -0.1) is 0 Å². The molecule has 2 N–H and O–H groups in total. The maximum Gasteiger partial charge on any atom is 0.341 e. The molecule has 0 fully saturated rings. The van der Waals surface area contributed by atoms with Gasteiger partial charge in [0.2, 0.25) is 0 Å². The number of carbonyl (C=O) groups excluding carboxylic acids is 1. The largest absolute Gasteiger partial charge is 0.481 e. The Balaban J connectivity index is 2.88. The third-order valence-electron chi connectivity index (χ3n) is 2.47. The van der Waals surface area contributed by atoms with Crippen molar-refractivity contribution in [2.45, 2.75) is 25.8 Å². The molecule has 6 nitrogen and oxygen atoms in total. The van der Waals surface area contributed by atoms with Crippen molar-refractivity contribution in [2.24, 2.45) is 0 Å². The van der Waals surface area contributed by atoms with Crippen LogP contribution in [-0.4, -0.2) is 35.2 Å². The molecule has 98 valence electrons. The van der Waals surface area contributed by atoms with E-state index in [1.54, 1.807) is 12.1 Å². The Morgan fingerprint density at radius 2 is 2.28 bits per heavy atom. The van der Waals surface area contributed by atoms with E-state index in [9.17, 15) is 9.59 Å². The molecule has 0 radical (unpaired) electrons. The molecule has 0 saturated carbocycles. The molecule has 0 aliphatic rings. The van der Waals surface area contributed by atoms with Gasteiger partial charge in [0.25, 0.3) is 0 Å². The van der Waals surface area contributed by atoms with E-state index in [4.69, 9.17) is 5.11 Å². The number of hydrogen-bond donors (Lipinski definition) is 2. The summed E-state index contributed by atoms with van der Waals surface area (Å²) >= 11 is 0. The molecule has 1 atom stereocenters. The third kappa shape index (κ3) is 3.73. The van der Waals surface area contributed by atoms with Crippen LogP contribution in [0, 0.1) is 0 Å². The molecule has 18 heavy (non-hydrogen) atoms. The Labute approximate surface area is 105 Å². The van der Waals surface area contributed by atoms with Gasteiger partial charge >= 0.3 is 11.9 Å². The molecule has 0 bridgehead atoms. The number of nitrogens with zero attached hydrogens (tertiary/aromatic N) is 1. The number of rotatable bonds is 6. The minimum Gasteiger partial charge on any atom is -0.481 e. The van der Waals surface area contributed by atoms with Gasteiger partial charge in [0.15, 0.2) is 0 Å². The average molecular weight is 252 g/mol. The second kappa shape index (κ2) is 6.58. The summed E-state index contributed by atoms with van der Waals surface area (Å²) in [5.41, 5.74) is 0.295. The monoisotopic (exact) mass is 252 g/mol. The normalized spacial score (nSPS) is 11.7. The zero-order chi connectivity index (χ0) is 13.5. The number of aliphatic carboxylic acids is 1. The number of hydrogen-bond acceptors (Lipinski definition) is 5. The fraction of sp³-hybridized carbons (Fsp3) is 0.417. The number of carbonyl (C=O) groups is 2. The van der Waals surface area contributed by atoms with E-state index in [0.717, 1.165) is 0 Å². The van der Waals surface area contributed by atoms with Crippen LogP contribution in [0.3, 0.4) is 0 Å². The standard InChI is InChI=1S/C12H16N2O4/c1-3-8(7-10(15)16)14-11-9(12(17)18-2)5-4-6-13-11/h4-6,8H,3,7H2,1-2H3,(H,13,14)(H,15,16). The van der Waals surface area contributed by atoms with Gasteiger partial charge in [0.05, 0.1) is 13.5 Å². The number of esters is 1. The van der Waals surface area contributed by atoms with Gasteiger partial charge in [-0.05, 0) is 18.6 Å². The molecule has 1 aromatic heterocycles. The van der Waals surface area contributed by atoms with Crippen molar-refractivity contribution >= 4 is 17.8 Å². The fourth-order valence-electron chi connectivity index (χ4n) is 1.50. The lowest BCUT2D eigenvalue weighted by molar-refractivity contribution is -0.137. The summed E-state index contributed by atoms with van der Waals surface area (Å²) in [6.07, 6.45) is 2.11. The first-order valence-electron chi connectivity index (χ1n) is 5.60. The van der Waals surface area contributed by atoms with Crippen LogP contribution in [0.1, 0.15) is 30.1 Å².